The maximum Gasteiger partial charge on any atom is 0.417 e. The second kappa shape index (κ2) is 10.2. The molecule has 0 aliphatic carbocycles. The summed E-state index contributed by atoms with van der Waals surface area (Å²) in [4.78, 5) is 27.7. The second-order valence-corrected chi connectivity index (χ2v) is 8.15. The summed E-state index contributed by atoms with van der Waals surface area (Å²) in [6.45, 7) is 8.23. The fraction of sp³-hybridized carbons (Fsp3) is 0.385. The zero-order valence-electron chi connectivity index (χ0n) is 17.9. The smallest absolute Gasteiger partial charge is 0.417 e. The lowest BCUT2D eigenvalue weighted by atomic mass is 9.84. The number of imide groups is 1. The molecule has 0 aromatic heterocycles. The zero-order chi connectivity index (χ0) is 21.5. The summed E-state index contributed by atoms with van der Waals surface area (Å²) in [7, 11) is 0. The Bertz CT molecular complexity index is 823. The van der Waals surface area contributed by atoms with Crippen LogP contribution in [0, 0.1) is 5.92 Å². The molecule has 2 aromatic carbocycles. The van der Waals surface area contributed by atoms with Gasteiger partial charge in [0.05, 0.1) is 6.04 Å². The number of hydrogen-bond acceptors (Lipinski definition) is 3. The van der Waals surface area contributed by atoms with Crippen molar-refractivity contribution in [1.82, 2.24) is 4.90 Å². The van der Waals surface area contributed by atoms with Crippen LogP contribution in [0.5, 0.6) is 0 Å². The third-order valence-electron chi connectivity index (χ3n) is 5.70. The van der Waals surface area contributed by atoms with Gasteiger partial charge in [0.15, 0.2) is 0 Å². The van der Waals surface area contributed by atoms with Crippen LogP contribution in [0.3, 0.4) is 0 Å². The monoisotopic (exact) mass is 405 g/mol. The lowest BCUT2D eigenvalue weighted by molar-refractivity contribution is -0.133. The van der Waals surface area contributed by atoms with Crippen molar-refractivity contribution in [2.24, 2.45) is 5.92 Å². The molecule has 1 aliphatic heterocycles. The van der Waals surface area contributed by atoms with E-state index in [1.165, 1.54) is 4.90 Å². The number of benzene rings is 2. The van der Waals surface area contributed by atoms with Gasteiger partial charge >= 0.3 is 6.09 Å². The number of amides is 2. The lowest BCUT2D eigenvalue weighted by Gasteiger charge is -2.31. The van der Waals surface area contributed by atoms with E-state index in [1.807, 2.05) is 67.6 Å². The highest BCUT2D eigenvalue weighted by Crippen LogP contribution is 2.35. The quantitative estimate of drug-likeness (QED) is 0.485. The highest BCUT2D eigenvalue weighted by molar-refractivity contribution is 5.95. The Morgan fingerprint density at radius 2 is 1.67 bits per heavy atom. The molecule has 3 rings (SSSR count). The molecule has 0 unspecified atom stereocenters. The first kappa shape index (κ1) is 21.8. The summed E-state index contributed by atoms with van der Waals surface area (Å²) in [6.07, 6.45) is 2.75. The van der Waals surface area contributed by atoms with E-state index in [1.54, 1.807) is 0 Å². The van der Waals surface area contributed by atoms with Crippen molar-refractivity contribution in [3.05, 3.63) is 83.9 Å². The number of ether oxygens (including phenoxy) is 1. The van der Waals surface area contributed by atoms with Crippen molar-refractivity contribution in [2.75, 3.05) is 6.61 Å². The van der Waals surface area contributed by atoms with Gasteiger partial charge in [-0.25, -0.2) is 9.69 Å². The van der Waals surface area contributed by atoms with Gasteiger partial charge in [0.1, 0.15) is 6.61 Å². The molecule has 2 amide bonds. The molecule has 1 heterocycles. The zero-order valence-corrected chi connectivity index (χ0v) is 17.9. The Morgan fingerprint density at radius 3 is 2.17 bits per heavy atom. The van der Waals surface area contributed by atoms with Gasteiger partial charge in [0.25, 0.3) is 0 Å². The van der Waals surface area contributed by atoms with E-state index in [4.69, 9.17) is 4.74 Å². The number of rotatable bonds is 9. The molecule has 0 radical (unpaired) electrons. The first-order valence-corrected chi connectivity index (χ1v) is 10.8. The summed E-state index contributed by atoms with van der Waals surface area (Å²) >= 11 is 0. The summed E-state index contributed by atoms with van der Waals surface area (Å²) in [5.74, 6) is -0.530. The largest absolute Gasteiger partial charge is 0.447 e. The molecular formula is C26H31NO3. The van der Waals surface area contributed by atoms with Crippen LogP contribution in [-0.2, 0) is 9.53 Å². The average Bonchev–Trinajstić information content (AvgIpc) is 3.13. The fourth-order valence-corrected chi connectivity index (χ4v) is 4.27. The molecular weight excluding hydrogens is 374 g/mol. The molecule has 2 aromatic rings. The van der Waals surface area contributed by atoms with Gasteiger partial charge in [-0.3, -0.25) is 4.79 Å². The van der Waals surface area contributed by atoms with E-state index in [0.717, 1.165) is 36.0 Å². The van der Waals surface area contributed by atoms with Crippen molar-refractivity contribution in [3.63, 3.8) is 0 Å². The lowest BCUT2D eigenvalue weighted by Crippen LogP contribution is -2.45. The normalized spacial score (nSPS) is 17.1. The van der Waals surface area contributed by atoms with E-state index in [-0.39, 0.29) is 30.4 Å². The Morgan fingerprint density at radius 1 is 1.10 bits per heavy atom. The van der Waals surface area contributed by atoms with Gasteiger partial charge in [-0.1, -0.05) is 86.0 Å². The van der Waals surface area contributed by atoms with Crippen molar-refractivity contribution >= 4 is 12.0 Å². The van der Waals surface area contributed by atoms with Crippen molar-refractivity contribution in [3.8, 4) is 0 Å². The average molecular weight is 406 g/mol. The van der Waals surface area contributed by atoms with Gasteiger partial charge in [-0.15, -0.1) is 6.58 Å². The maximum atomic E-state index is 13.6. The van der Waals surface area contributed by atoms with E-state index < -0.39 is 6.09 Å². The van der Waals surface area contributed by atoms with Gasteiger partial charge in [0.2, 0.25) is 5.91 Å². The van der Waals surface area contributed by atoms with Crippen LogP contribution in [0.1, 0.15) is 56.6 Å². The Labute approximate surface area is 179 Å². The highest BCUT2D eigenvalue weighted by Gasteiger charge is 2.45. The standard InChI is InChI=1S/C26H31NO3/c1-4-5-12-22(17-19(2)3)25(28)27-23(18-30-26(27)29)24(20-13-8-6-9-14-20)21-15-10-7-11-16-21/h6-11,13-16,22-24H,2,4-5,12,17-18H2,1,3H3/t22-,23-/m0/s1. The SMILES string of the molecule is C=C(C)C[C@H](CCCC)C(=O)N1C(=O)OC[C@H]1C(c1ccccc1)c1ccccc1. The number of carbonyl (C=O) groups is 2. The maximum absolute atomic E-state index is 13.6. The van der Waals surface area contributed by atoms with E-state index in [2.05, 4.69) is 13.5 Å². The van der Waals surface area contributed by atoms with Gasteiger partial charge < -0.3 is 4.74 Å². The Hall–Kier alpha value is -2.88. The third kappa shape index (κ3) is 4.99. The molecule has 30 heavy (non-hydrogen) atoms. The number of cyclic esters (lactones) is 1. The first-order valence-electron chi connectivity index (χ1n) is 10.8. The number of unbranched alkanes of at least 4 members (excludes halogenated alkanes) is 1. The number of hydrogen-bond donors (Lipinski definition) is 0. The molecule has 1 aliphatic rings. The van der Waals surface area contributed by atoms with Crippen molar-refractivity contribution < 1.29 is 14.3 Å². The topological polar surface area (TPSA) is 46.6 Å². The molecule has 158 valence electrons. The molecule has 0 spiro atoms. The van der Waals surface area contributed by atoms with E-state index in [0.29, 0.717) is 6.42 Å². The summed E-state index contributed by atoms with van der Waals surface area (Å²) < 4.78 is 5.43. The van der Waals surface area contributed by atoms with E-state index in [9.17, 15) is 9.59 Å². The molecule has 1 saturated heterocycles. The second-order valence-electron chi connectivity index (χ2n) is 8.15. The van der Waals surface area contributed by atoms with Crippen LogP contribution in [-0.4, -0.2) is 29.5 Å². The molecule has 0 N–H and O–H groups in total. The summed E-state index contributed by atoms with van der Waals surface area (Å²) in [5, 5.41) is 0. The first-order chi connectivity index (χ1) is 14.5. The van der Waals surface area contributed by atoms with Gasteiger partial charge in [-0.2, -0.15) is 0 Å². The number of nitrogens with zero attached hydrogens (tertiary/aromatic N) is 1. The van der Waals surface area contributed by atoms with Crippen molar-refractivity contribution in [2.45, 2.75) is 51.5 Å². The highest BCUT2D eigenvalue weighted by atomic mass is 16.6. The van der Waals surface area contributed by atoms with Crippen LogP contribution in [0.15, 0.2) is 72.8 Å². The number of carbonyl (C=O) groups excluding carboxylic acids is 2. The van der Waals surface area contributed by atoms with Crippen LogP contribution in [0.2, 0.25) is 0 Å². The molecule has 0 bridgehead atoms. The van der Waals surface area contributed by atoms with Crippen molar-refractivity contribution in [1.29, 1.82) is 0 Å². The predicted molar refractivity (Wildman–Crippen MR) is 119 cm³/mol. The minimum Gasteiger partial charge on any atom is -0.447 e. The van der Waals surface area contributed by atoms with Gasteiger partial charge in [-0.05, 0) is 30.9 Å². The fourth-order valence-electron chi connectivity index (χ4n) is 4.27. The molecule has 2 atom stereocenters. The Balaban J connectivity index is 1.97. The molecule has 0 saturated carbocycles. The van der Waals surface area contributed by atoms with Gasteiger partial charge in [0, 0.05) is 11.8 Å². The molecule has 4 nitrogen and oxygen atoms in total. The third-order valence-corrected chi connectivity index (χ3v) is 5.70. The summed E-state index contributed by atoms with van der Waals surface area (Å²) in [5.41, 5.74) is 3.08. The minimum absolute atomic E-state index is 0.139. The van der Waals surface area contributed by atoms with Crippen LogP contribution in [0.25, 0.3) is 0 Å². The molecule has 1 fully saturated rings. The van der Waals surface area contributed by atoms with E-state index >= 15 is 0 Å². The Kier molecular flexibility index (Phi) is 7.45. The number of allylic oxidation sites excluding steroid dienone is 1. The van der Waals surface area contributed by atoms with Crippen LogP contribution < -0.4 is 0 Å². The molecule has 4 heteroatoms. The minimum atomic E-state index is -0.537. The summed E-state index contributed by atoms with van der Waals surface area (Å²) in [6, 6.07) is 19.7. The van der Waals surface area contributed by atoms with Crippen LogP contribution in [0.4, 0.5) is 4.79 Å². The predicted octanol–water partition coefficient (Wildman–Crippen LogP) is 5.94. The van der Waals surface area contributed by atoms with Crippen LogP contribution >= 0.6 is 0 Å².